The molecule has 2 aliphatic rings. The monoisotopic (exact) mass is 1040 g/mol. The average molecular weight is 1040 g/mol. The average Bonchev–Trinajstić information content (AvgIpc) is 3.97. The van der Waals surface area contributed by atoms with Crippen LogP contribution in [0.1, 0.15) is 91.4 Å². The number of alkyl halides is 3. The molecule has 74 heavy (non-hydrogen) atoms. The first kappa shape index (κ1) is 54.8. The van der Waals surface area contributed by atoms with E-state index >= 15 is 4.39 Å². The summed E-state index contributed by atoms with van der Waals surface area (Å²) in [4.78, 5) is 92.5. The lowest BCUT2D eigenvalue weighted by atomic mass is 9.85. The van der Waals surface area contributed by atoms with Crippen molar-refractivity contribution in [3.05, 3.63) is 123 Å². The molecule has 0 unspecified atom stereocenters. The molecule has 394 valence electrons. The van der Waals surface area contributed by atoms with Crippen LogP contribution in [0.25, 0.3) is 21.6 Å². The van der Waals surface area contributed by atoms with Crippen LogP contribution in [0, 0.1) is 18.2 Å². The summed E-state index contributed by atoms with van der Waals surface area (Å²) in [5.41, 5.74) is 1.32. The minimum absolute atomic E-state index is 0.0112. The Kier molecular flexibility index (Phi) is 16.8. The number of nitrogens with zero attached hydrogens (tertiary/aromatic N) is 4. The van der Waals surface area contributed by atoms with Crippen molar-refractivity contribution in [1.29, 1.82) is 0 Å². The number of halogens is 4. The van der Waals surface area contributed by atoms with Gasteiger partial charge in [-0.3, -0.25) is 33.7 Å². The van der Waals surface area contributed by atoms with Crippen LogP contribution < -0.4 is 31.7 Å². The normalized spacial score (nSPS) is 18.7. The van der Waals surface area contributed by atoms with E-state index in [1.165, 1.54) is 34.4 Å². The molecular formula is C53H61F4N9O7S. The molecule has 0 aliphatic carbocycles. The third-order valence-electron chi connectivity index (χ3n) is 13.5. The van der Waals surface area contributed by atoms with E-state index in [0.717, 1.165) is 27.8 Å². The molecular weight excluding hydrogens is 983 g/mol. The SMILES string of the molecule is Cc1ncsc1-c1ccc(CNC(=O)[C@@H]2C[C@@H](O)CN2C(=O)[C@@H](NC(=O)CCCNC(=O)c2ccc(-c3ccc(N4C[C@@H](C)N(C)[C@@H](C)C4)c(NC(=O)c4c[nH]c(=O)cc4C(F)(F)F)c3)c(F)c2)C(C)(C)C)cc1. The fourth-order valence-electron chi connectivity index (χ4n) is 9.22. The Hall–Kier alpha value is -6.97. The minimum atomic E-state index is -5.01. The summed E-state index contributed by atoms with van der Waals surface area (Å²) >= 11 is 1.54. The number of β-amino-alcohol motifs (C(OH)–C–C–N with tert-alkyl or cyclic N) is 1. The number of amides is 5. The van der Waals surface area contributed by atoms with E-state index in [2.05, 4.69) is 36.1 Å². The number of aryl methyl sites for hydroxylation is 1. The van der Waals surface area contributed by atoms with Crippen LogP contribution in [0.15, 0.2) is 83.2 Å². The number of carbonyl (C=O) groups excluding carboxylic acids is 5. The first-order valence-corrected chi connectivity index (χ1v) is 25.1. The van der Waals surface area contributed by atoms with Crippen molar-refractivity contribution in [2.75, 3.05) is 43.4 Å². The van der Waals surface area contributed by atoms with Gasteiger partial charge in [-0.15, -0.1) is 11.3 Å². The molecule has 2 saturated heterocycles. The molecule has 0 bridgehead atoms. The van der Waals surface area contributed by atoms with Gasteiger partial charge in [0.25, 0.3) is 11.8 Å². The highest BCUT2D eigenvalue weighted by atomic mass is 32.1. The van der Waals surface area contributed by atoms with E-state index in [4.69, 9.17) is 0 Å². The molecule has 5 amide bonds. The van der Waals surface area contributed by atoms with E-state index in [0.29, 0.717) is 31.0 Å². The maximum absolute atomic E-state index is 16.0. The molecule has 21 heteroatoms. The van der Waals surface area contributed by atoms with Crippen LogP contribution in [-0.2, 0) is 27.1 Å². The number of pyridine rings is 1. The molecule has 2 fully saturated rings. The van der Waals surface area contributed by atoms with Gasteiger partial charge >= 0.3 is 6.18 Å². The number of likely N-dealkylation sites (tertiary alicyclic amines) is 1. The summed E-state index contributed by atoms with van der Waals surface area (Å²) in [5.74, 6) is -4.04. The first-order valence-electron chi connectivity index (χ1n) is 24.2. The second-order valence-electron chi connectivity index (χ2n) is 20.1. The van der Waals surface area contributed by atoms with Gasteiger partial charge in [0.2, 0.25) is 23.3 Å². The molecule has 4 heterocycles. The lowest BCUT2D eigenvalue weighted by molar-refractivity contribution is -0.144. The largest absolute Gasteiger partial charge is 0.417 e. The number of aliphatic hydroxyl groups is 1. The molecule has 16 nitrogen and oxygen atoms in total. The van der Waals surface area contributed by atoms with Crippen molar-refractivity contribution < 1.29 is 46.6 Å². The van der Waals surface area contributed by atoms with Crippen molar-refractivity contribution >= 4 is 52.2 Å². The van der Waals surface area contributed by atoms with E-state index in [1.807, 2.05) is 57.0 Å². The zero-order chi connectivity index (χ0) is 53.8. The first-order chi connectivity index (χ1) is 34.9. The lowest BCUT2D eigenvalue weighted by Crippen LogP contribution is -2.57. The van der Waals surface area contributed by atoms with Crippen molar-refractivity contribution in [1.82, 2.24) is 35.7 Å². The number of aromatic nitrogens is 2. The number of H-pyrrole nitrogens is 1. The number of benzene rings is 3. The Morgan fingerprint density at radius 3 is 2.23 bits per heavy atom. The van der Waals surface area contributed by atoms with Gasteiger partial charge in [-0.2, -0.15) is 13.2 Å². The van der Waals surface area contributed by atoms with Crippen LogP contribution in [0.4, 0.5) is 28.9 Å². The fourth-order valence-corrected chi connectivity index (χ4v) is 10.0. The molecule has 0 saturated carbocycles. The number of hydrogen-bond acceptors (Lipinski definition) is 11. The fraction of sp³-hybridized carbons (Fsp3) is 0.415. The molecule has 3 aromatic carbocycles. The number of aliphatic hydroxyl groups excluding tert-OH is 1. The van der Waals surface area contributed by atoms with Gasteiger partial charge in [-0.25, -0.2) is 9.37 Å². The highest BCUT2D eigenvalue weighted by molar-refractivity contribution is 7.13. The van der Waals surface area contributed by atoms with Crippen LogP contribution in [0.2, 0.25) is 0 Å². The Labute approximate surface area is 429 Å². The summed E-state index contributed by atoms with van der Waals surface area (Å²) in [6.07, 6.45) is -5.18. The number of aromatic amines is 1. The van der Waals surface area contributed by atoms with E-state index in [1.54, 1.807) is 38.4 Å². The Morgan fingerprint density at radius 1 is 0.905 bits per heavy atom. The summed E-state index contributed by atoms with van der Waals surface area (Å²) in [6.45, 7) is 12.4. The predicted molar refractivity (Wildman–Crippen MR) is 274 cm³/mol. The van der Waals surface area contributed by atoms with E-state index in [9.17, 15) is 47.0 Å². The Morgan fingerprint density at radius 2 is 1.59 bits per heavy atom. The summed E-state index contributed by atoms with van der Waals surface area (Å²) in [6, 6.07) is 14.6. The van der Waals surface area contributed by atoms with Gasteiger partial charge in [0.05, 0.1) is 44.7 Å². The van der Waals surface area contributed by atoms with Crippen molar-refractivity contribution in [2.24, 2.45) is 5.41 Å². The summed E-state index contributed by atoms with van der Waals surface area (Å²) < 4.78 is 57.9. The molecule has 6 N–H and O–H groups in total. The third kappa shape index (κ3) is 12.9. The smallest absolute Gasteiger partial charge is 0.391 e. The topological polar surface area (TPSA) is 209 Å². The van der Waals surface area contributed by atoms with E-state index < -0.39 is 81.8 Å². The van der Waals surface area contributed by atoms with Gasteiger partial charge in [0.1, 0.15) is 17.9 Å². The number of piperazine rings is 1. The van der Waals surface area contributed by atoms with Gasteiger partial charge in [-0.1, -0.05) is 57.2 Å². The number of thiazole rings is 1. The molecule has 2 aliphatic heterocycles. The number of hydrogen-bond donors (Lipinski definition) is 6. The van der Waals surface area contributed by atoms with Crippen LogP contribution in [-0.4, -0.2) is 118 Å². The van der Waals surface area contributed by atoms with Gasteiger partial charge in [0.15, 0.2) is 0 Å². The molecule has 0 spiro atoms. The number of anilines is 2. The second kappa shape index (κ2) is 22.7. The maximum Gasteiger partial charge on any atom is 0.417 e. The minimum Gasteiger partial charge on any atom is -0.391 e. The zero-order valence-electron chi connectivity index (χ0n) is 42.2. The summed E-state index contributed by atoms with van der Waals surface area (Å²) in [5, 5.41) is 21.6. The van der Waals surface area contributed by atoms with Crippen molar-refractivity contribution in [2.45, 2.75) is 104 Å². The van der Waals surface area contributed by atoms with Gasteiger partial charge in [0, 0.05) is 81.0 Å². The molecule has 5 atom stereocenters. The maximum atomic E-state index is 16.0. The highest BCUT2D eigenvalue weighted by Crippen LogP contribution is 2.37. The Balaban J connectivity index is 0.961. The van der Waals surface area contributed by atoms with Crippen molar-refractivity contribution in [3.63, 3.8) is 0 Å². The quantitative estimate of drug-likeness (QED) is 0.0481. The molecule has 0 radical (unpaired) electrons. The van der Waals surface area contributed by atoms with Gasteiger partial charge in [-0.05, 0) is 80.6 Å². The molecule has 2 aromatic heterocycles. The van der Waals surface area contributed by atoms with Crippen LogP contribution >= 0.6 is 11.3 Å². The highest BCUT2D eigenvalue weighted by Gasteiger charge is 2.44. The number of nitrogens with one attached hydrogen (secondary N) is 5. The number of likely N-dealkylation sites (N-methyl/N-ethyl adjacent to an activating group) is 1. The van der Waals surface area contributed by atoms with Crippen LogP contribution in [0.3, 0.4) is 0 Å². The second-order valence-corrected chi connectivity index (χ2v) is 20.9. The molecule has 5 aromatic rings. The van der Waals surface area contributed by atoms with Crippen LogP contribution in [0.5, 0.6) is 0 Å². The third-order valence-corrected chi connectivity index (χ3v) is 14.5. The Bertz CT molecular complexity index is 2950. The number of carbonyl (C=O) groups is 5. The lowest BCUT2D eigenvalue weighted by Gasteiger charge is -2.44. The number of rotatable bonds is 15. The van der Waals surface area contributed by atoms with Gasteiger partial charge < -0.3 is 41.2 Å². The molecule has 7 rings (SSSR count). The zero-order valence-corrected chi connectivity index (χ0v) is 43.0. The van der Waals surface area contributed by atoms with E-state index in [-0.39, 0.29) is 73.4 Å². The standard InChI is InChI=1S/C53H61F4N9O7S/c1-29-25-65(26-30(2)64(29)7)42-17-15-34(20-41(42)62-49(71)38-24-59-45(69)22-39(38)53(55,56)57)37-16-14-35(19-40(37)54)48(70)58-18-8-9-44(68)63-47(52(4,5)6)51(73)66-27-36(67)21-43(66)50(72)60-23-32-10-12-33(13-11-32)46-31(3)61-28-74-46/h10-17,19-20,22,24,28-30,36,43,47,67H,8-9,18,21,23,25-27H2,1-7H3,(H,58,70)(H,59,69)(H,60,72)(H,62,71)(H,63,68)/t29-,30+,36-,43+,47-/m1/s1. The summed E-state index contributed by atoms with van der Waals surface area (Å²) in [7, 11) is 1.98. The predicted octanol–water partition coefficient (Wildman–Crippen LogP) is 6.73. The van der Waals surface area contributed by atoms with Crippen molar-refractivity contribution in [3.8, 4) is 21.6 Å².